The summed E-state index contributed by atoms with van der Waals surface area (Å²) in [7, 11) is 2.09. The van der Waals surface area contributed by atoms with Gasteiger partial charge in [-0.05, 0) is 56.3 Å². The minimum atomic E-state index is -0.179. The van der Waals surface area contributed by atoms with E-state index in [2.05, 4.69) is 37.2 Å². The van der Waals surface area contributed by atoms with Gasteiger partial charge in [0.25, 0.3) is 5.91 Å². The Morgan fingerprint density at radius 3 is 2.42 bits per heavy atom. The van der Waals surface area contributed by atoms with Crippen LogP contribution in [-0.2, 0) is 17.9 Å². The number of ether oxygens (including phenoxy) is 1. The molecule has 0 heterocycles. The highest BCUT2D eigenvalue weighted by Gasteiger charge is 2.09. The number of nitrogens with zero attached hydrogens (tertiary/aromatic N) is 2. The van der Waals surface area contributed by atoms with Crippen molar-refractivity contribution in [1.82, 2.24) is 10.2 Å². The largest absolute Gasteiger partial charge is 0.484 e. The molecule has 26 heavy (non-hydrogen) atoms. The van der Waals surface area contributed by atoms with E-state index in [0.29, 0.717) is 23.9 Å². The molecule has 0 aromatic heterocycles. The number of hydrogen-bond donors (Lipinski definition) is 1. The van der Waals surface area contributed by atoms with E-state index in [0.717, 1.165) is 12.1 Å². The standard InChI is InChI=1S/C21H25N3O2/c1-16(2)24(3)14-19-7-5-4-6-18(19)13-23-21(25)15-26-20-10-8-17(12-22)9-11-20/h4-11,16H,13-15H2,1-3H3,(H,23,25). The van der Waals surface area contributed by atoms with Crippen molar-refractivity contribution in [2.45, 2.75) is 33.0 Å². The zero-order valence-corrected chi connectivity index (χ0v) is 15.5. The first-order chi connectivity index (χ1) is 12.5. The molecule has 136 valence electrons. The maximum absolute atomic E-state index is 12.1. The third-order valence-corrected chi connectivity index (χ3v) is 4.25. The summed E-state index contributed by atoms with van der Waals surface area (Å²) < 4.78 is 5.45. The summed E-state index contributed by atoms with van der Waals surface area (Å²) in [6.07, 6.45) is 0. The van der Waals surface area contributed by atoms with Crippen LogP contribution in [0.1, 0.15) is 30.5 Å². The zero-order chi connectivity index (χ0) is 18.9. The molecule has 2 rings (SSSR count). The SMILES string of the molecule is CC(C)N(C)Cc1ccccc1CNC(=O)COc1ccc(C#N)cc1. The molecule has 0 saturated heterocycles. The predicted octanol–water partition coefficient (Wildman–Crippen LogP) is 3.09. The highest BCUT2D eigenvalue weighted by atomic mass is 16.5. The van der Waals surface area contributed by atoms with E-state index in [4.69, 9.17) is 10.00 Å². The summed E-state index contributed by atoms with van der Waals surface area (Å²) in [5.74, 6) is 0.388. The first-order valence-corrected chi connectivity index (χ1v) is 8.66. The number of carbonyl (C=O) groups excluding carboxylic acids is 1. The Bertz CT molecular complexity index is 764. The monoisotopic (exact) mass is 351 g/mol. The van der Waals surface area contributed by atoms with Crippen molar-refractivity contribution in [2.75, 3.05) is 13.7 Å². The molecule has 1 amide bonds. The van der Waals surface area contributed by atoms with E-state index in [1.165, 1.54) is 5.56 Å². The predicted molar refractivity (Wildman–Crippen MR) is 102 cm³/mol. The summed E-state index contributed by atoms with van der Waals surface area (Å²) in [4.78, 5) is 14.3. The van der Waals surface area contributed by atoms with Crippen LogP contribution >= 0.6 is 0 Å². The van der Waals surface area contributed by atoms with Gasteiger partial charge in [-0.25, -0.2) is 0 Å². The molecule has 0 saturated carbocycles. The Kier molecular flexibility index (Phi) is 7.19. The molecule has 0 radical (unpaired) electrons. The van der Waals surface area contributed by atoms with E-state index in [1.54, 1.807) is 24.3 Å². The van der Waals surface area contributed by atoms with Crippen molar-refractivity contribution in [3.8, 4) is 11.8 Å². The Hall–Kier alpha value is -2.84. The summed E-state index contributed by atoms with van der Waals surface area (Å²) in [5.41, 5.74) is 2.87. The molecule has 5 nitrogen and oxygen atoms in total. The Balaban J connectivity index is 1.86. The smallest absolute Gasteiger partial charge is 0.258 e. The first-order valence-electron chi connectivity index (χ1n) is 8.66. The number of nitriles is 1. The van der Waals surface area contributed by atoms with Gasteiger partial charge in [0.15, 0.2) is 6.61 Å². The molecule has 2 aromatic carbocycles. The van der Waals surface area contributed by atoms with Gasteiger partial charge in [-0.2, -0.15) is 5.26 Å². The zero-order valence-electron chi connectivity index (χ0n) is 15.5. The van der Waals surface area contributed by atoms with Gasteiger partial charge in [0, 0.05) is 19.1 Å². The summed E-state index contributed by atoms with van der Waals surface area (Å²) in [5, 5.41) is 11.7. The third kappa shape index (κ3) is 5.91. The van der Waals surface area contributed by atoms with Crippen LogP contribution in [0, 0.1) is 11.3 Å². The average Bonchev–Trinajstić information content (AvgIpc) is 2.66. The minimum Gasteiger partial charge on any atom is -0.484 e. The van der Waals surface area contributed by atoms with Gasteiger partial charge in [0.05, 0.1) is 11.6 Å². The maximum Gasteiger partial charge on any atom is 0.258 e. The van der Waals surface area contributed by atoms with Crippen molar-refractivity contribution in [3.63, 3.8) is 0 Å². The summed E-state index contributed by atoms with van der Waals surface area (Å²) in [6, 6.07) is 17.3. The molecule has 5 heteroatoms. The number of amides is 1. The van der Waals surface area contributed by atoms with Crippen molar-refractivity contribution in [2.24, 2.45) is 0 Å². The van der Waals surface area contributed by atoms with Crippen LogP contribution < -0.4 is 10.1 Å². The Morgan fingerprint density at radius 1 is 1.15 bits per heavy atom. The highest BCUT2D eigenvalue weighted by molar-refractivity contribution is 5.77. The van der Waals surface area contributed by atoms with Gasteiger partial charge in [0.1, 0.15) is 5.75 Å². The van der Waals surface area contributed by atoms with Crippen molar-refractivity contribution >= 4 is 5.91 Å². The van der Waals surface area contributed by atoms with Crippen LogP contribution in [0.15, 0.2) is 48.5 Å². The van der Waals surface area contributed by atoms with Crippen LogP contribution in [0.25, 0.3) is 0 Å². The molecular formula is C21H25N3O2. The second-order valence-electron chi connectivity index (χ2n) is 6.48. The Morgan fingerprint density at radius 2 is 1.81 bits per heavy atom. The van der Waals surface area contributed by atoms with E-state index in [9.17, 15) is 4.79 Å². The molecule has 0 spiro atoms. The van der Waals surface area contributed by atoms with Gasteiger partial charge in [-0.1, -0.05) is 24.3 Å². The molecule has 2 aromatic rings. The Labute approximate surface area is 155 Å². The quantitative estimate of drug-likeness (QED) is 0.794. The fourth-order valence-corrected chi connectivity index (χ4v) is 2.35. The van der Waals surface area contributed by atoms with Crippen LogP contribution in [0.5, 0.6) is 5.75 Å². The van der Waals surface area contributed by atoms with Gasteiger partial charge < -0.3 is 10.1 Å². The van der Waals surface area contributed by atoms with Crippen LogP contribution in [0.3, 0.4) is 0 Å². The summed E-state index contributed by atoms with van der Waals surface area (Å²) >= 11 is 0. The van der Waals surface area contributed by atoms with Crippen LogP contribution in [-0.4, -0.2) is 30.5 Å². The molecule has 0 fully saturated rings. The van der Waals surface area contributed by atoms with E-state index in [-0.39, 0.29) is 12.5 Å². The van der Waals surface area contributed by atoms with Crippen molar-refractivity contribution in [3.05, 3.63) is 65.2 Å². The molecule has 0 aliphatic rings. The number of rotatable bonds is 8. The molecule has 0 unspecified atom stereocenters. The van der Waals surface area contributed by atoms with Gasteiger partial charge >= 0.3 is 0 Å². The normalized spacial score (nSPS) is 10.6. The molecule has 0 bridgehead atoms. The van der Waals surface area contributed by atoms with Gasteiger partial charge in [-0.15, -0.1) is 0 Å². The van der Waals surface area contributed by atoms with E-state index >= 15 is 0 Å². The third-order valence-electron chi connectivity index (χ3n) is 4.25. The van der Waals surface area contributed by atoms with Crippen molar-refractivity contribution < 1.29 is 9.53 Å². The first kappa shape index (κ1) is 19.5. The summed E-state index contributed by atoms with van der Waals surface area (Å²) in [6.45, 7) is 5.57. The van der Waals surface area contributed by atoms with E-state index in [1.807, 2.05) is 24.3 Å². The number of carbonyl (C=O) groups is 1. The number of nitrogens with one attached hydrogen (secondary N) is 1. The fraction of sp³-hybridized carbons (Fsp3) is 0.333. The van der Waals surface area contributed by atoms with Gasteiger partial charge in [0.2, 0.25) is 0 Å². The number of benzene rings is 2. The average molecular weight is 351 g/mol. The second-order valence-corrected chi connectivity index (χ2v) is 6.48. The lowest BCUT2D eigenvalue weighted by molar-refractivity contribution is -0.123. The lowest BCUT2D eigenvalue weighted by Crippen LogP contribution is -2.30. The molecule has 0 aliphatic heterocycles. The molecule has 0 aliphatic carbocycles. The fourth-order valence-electron chi connectivity index (χ4n) is 2.35. The second kappa shape index (κ2) is 9.59. The lowest BCUT2D eigenvalue weighted by atomic mass is 10.1. The van der Waals surface area contributed by atoms with Crippen LogP contribution in [0.4, 0.5) is 0 Å². The van der Waals surface area contributed by atoms with Crippen LogP contribution in [0.2, 0.25) is 0 Å². The van der Waals surface area contributed by atoms with Gasteiger partial charge in [-0.3, -0.25) is 9.69 Å². The molecule has 1 N–H and O–H groups in total. The maximum atomic E-state index is 12.1. The number of hydrogen-bond acceptors (Lipinski definition) is 4. The molecular weight excluding hydrogens is 326 g/mol. The minimum absolute atomic E-state index is 0.0556. The highest BCUT2D eigenvalue weighted by Crippen LogP contribution is 2.13. The molecule has 0 atom stereocenters. The topological polar surface area (TPSA) is 65.4 Å². The lowest BCUT2D eigenvalue weighted by Gasteiger charge is -2.22. The van der Waals surface area contributed by atoms with E-state index < -0.39 is 0 Å². The van der Waals surface area contributed by atoms with Crippen molar-refractivity contribution in [1.29, 1.82) is 5.26 Å².